The third kappa shape index (κ3) is 4.35. The summed E-state index contributed by atoms with van der Waals surface area (Å²) in [5.41, 5.74) is 0.989. The molecule has 3 rings (SSSR count). The molecule has 2 N–H and O–H groups in total. The number of benzene rings is 1. The number of piperidine rings is 1. The highest BCUT2D eigenvalue weighted by molar-refractivity contribution is 5.78. The Bertz CT molecular complexity index is 529. The first-order valence-corrected chi connectivity index (χ1v) is 9.04. The van der Waals surface area contributed by atoms with Crippen molar-refractivity contribution < 1.29 is 15.0 Å². The monoisotopic (exact) mass is 332 g/mol. The van der Waals surface area contributed by atoms with Gasteiger partial charge in [-0.15, -0.1) is 0 Å². The molecule has 0 saturated carbocycles. The smallest absolute Gasteiger partial charge is 0.222 e. The lowest BCUT2D eigenvalue weighted by atomic mass is 9.87. The molecule has 2 aliphatic rings. The molecule has 2 atom stereocenters. The fourth-order valence-electron chi connectivity index (χ4n) is 3.88. The topological polar surface area (TPSA) is 64.0 Å². The quantitative estimate of drug-likeness (QED) is 0.827. The highest BCUT2D eigenvalue weighted by atomic mass is 16.3. The molecule has 0 bridgehead atoms. The molecule has 2 fully saturated rings. The average Bonchev–Trinajstić information content (AvgIpc) is 3.00. The van der Waals surface area contributed by atoms with E-state index in [1.807, 2.05) is 30.3 Å². The molecule has 0 aliphatic carbocycles. The Morgan fingerprint density at radius 2 is 1.75 bits per heavy atom. The first-order valence-electron chi connectivity index (χ1n) is 9.04. The average molecular weight is 332 g/mol. The minimum atomic E-state index is -0.484. The first kappa shape index (κ1) is 17.4. The summed E-state index contributed by atoms with van der Waals surface area (Å²) in [4.78, 5) is 15.7. The fraction of sp³-hybridized carbons (Fsp3) is 0.632. The van der Waals surface area contributed by atoms with Gasteiger partial charge < -0.3 is 20.0 Å². The van der Waals surface area contributed by atoms with E-state index in [0.29, 0.717) is 19.5 Å². The zero-order chi connectivity index (χ0) is 16.9. The van der Waals surface area contributed by atoms with E-state index in [1.54, 1.807) is 4.90 Å². The number of aliphatic hydroxyl groups excluding tert-OH is 2. The second kappa shape index (κ2) is 8.10. The molecule has 2 heterocycles. The summed E-state index contributed by atoms with van der Waals surface area (Å²) in [5.74, 6) is 0.444. The maximum atomic E-state index is 11.6. The number of carbonyl (C=O) groups excluding carboxylic acids is 1. The van der Waals surface area contributed by atoms with E-state index in [0.717, 1.165) is 44.5 Å². The molecule has 0 aromatic heterocycles. The van der Waals surface area contributed by atoms with Gasteiger partial charge in [0.15, 0.2) is 0 Å². The van der Waals surface area contributed by atoms with E-state index < -0.39 is 12.2 Å². The van der Waals surface area contributed by atoms with Crippen molar-refractivity contribution in [2.75, 3.05) is 32.7 Å². The molecule has 5 nitrogen and oxygen atoms in total. The molecule has 2 aliphatic heterocycles. The van der Waals surface area contributed by atoms with Gasteiger partial charge in [-0.05, 0) is 43.8 Å². The first-order chi connectivity index (χ1) is 11.6. The van der Waals surface area contributed by atoms with Gasteiger partial charge in [0.05, 0.1) is 12.2 Å². The molecule has 24 heavy (non-hydrogen) atoms. The van der Waals surface area contributed by atoms with Gasteiger partial charge in [-0.2, -0.15) is 0 Å². The largest absolute Gasteiger partial charge is 0.390 e. The van der Waals surface area contributed by atoms with Crippen molar-refractivity contribution in [3.05, 3.63) is 35.9 Å². The van der Waals surface area contributed by atoms with Gasteiger partial charge in [0.25, 0.3) is 0 Å². The normalized spacial score (nSPS) is 22.8. The summed E-state index contributed by atoms with van der Waals surface area (Å²) < 4.78 is 0. The molecular weight excluding hydrogens is 304 g/mol. The lowest BCUT2D eigenvalue weighted by Gasteiger charge is -2.35. The molecule has 0 radical (unpaired) electrons. The highest BCUT2D eigenvalue weighted by Gasteiger charge is 2.28. The predicted octanol–water partition coefficient (Wildman–Crippen LogP) is 1.42. The van der Waals surface area contributed by atoms with Crippen molar-refractivity contribution in [1.82, 2.24) is 9.80 Å². The van der Waals surface area contributed by atoms with Crippen molar-refractivity contribution in [3.8, 4) is 0 Å². The third-order valence-corrected chi connectivity index (χ3v) is 5.29. The highest BCUT2D eigenvalue weighted by Crippen LogP contribution is 2.30. The van der Waals surface area contributed by atoms with Crippen LogP contribution in [0.15, 0.2) is 30.3 Å². The molecule has 2 saturated heterocycles. The van der Waals surface area contributed by atoms with Crippen LogP contribution in [0.4, 0.5) is 0 Å². The lowest BCUT2D eigenvalue weighted by molar-refractivity contribution is -0.129. The van der Waals surface area contributed by atoms with Crippen LogP contribution in [0.3, 0.4) is 0 Å². The number of rotatable bonds is 6. The van der Waals surface area contributed by atoms with E-state index in [4.69, 9.17) is 0 Å². The Balaban J connectivity index is 1.42. The van der Waals surface area contributed by atoms with Crippen molar-refractivity contribution in [1.29, 1.82) is 0 Å². The van der Waals surface area contributed by atoms with Crippen molar-refractivity contribution in [2.24, 2.45) is 5.92 Å². The number of carbonyl (C=O) groups is 1. The Hall–Kier alpha value is -1.43. The number of aliphatic hydroxyl groups is 2. The van der Waals surface area contributed by atoms with Crippen molar-refractivity contribution in [3.63, 3.8) is 0 Å². The predicted molar refractivity (Wildman–Crippen MR) is 92.4 cm³/mol. The minimum Gasteiger partial charge on any atom is -0.390 e. The van der Waals surface area contributed by atoms with Gasteiger partial charge in [-0.1, -0.05) is 30.3 Å². The van der Waals surface area contributed by atoms with E-state index in [-0.39, 0.29) is 11.8 Å². The molecule has 132 valence electrons. The molecule has 2 unspecified atom stereocenters. The molecule has 1 aromatic carbocycles. The minimum absolute atomic E-state index is 0.166. The van der Waals surface area contributed by atoms with Crippen LogP contribution in [0.1, 0.15) is 37.4 Å². The summed E-state index contributed by atoms with van der Waals surface area (Å²) in [5, 5.41) is 20.8. The lowest BCUT2D eigenvalue weighted by Crippen LogP contribution is -2.44. The van der Waals surface area contributed by atoms with Gasteiger partial charge in [-0.25, -0.2) is 0 Å². The van der Waals surface area contributed by atoms with E-state index >= 15 is 0 Å². The van der Waals surface area contributed by atoms with Gasteiger partial charge >= 0.3 is 0 Å². The van der Waals surface area contributed by atoms with Gasteiger partial charge in [-0.3, -0.25) is 4.79 Å². The van der Waals surface area contributed by atoms with Crippen LogP contribution in [-0.2, 0) is 4.79 Å². The van der Waals surface area contributed by atoms with Crippen molar-refractivity contribution in [2.45, 2.75) is 37.9 Å². The van der Waals surface area contributed by atoms with Gasteiger partial charge in [0.1, 0.15) is 0 Å². The summed E-state index contributed by atoms with van der Waals surface area (Å²) in [6, 6.07) is 9.85. The van der Waals surface area contributed by atoms with E-state index in [2.05, 4.69) is 4.90 Å². The molecule has 5 heteroatoms. The second-order valence-electron chi connectivity index (χ2n) is 7.09. The van der Waals surface area contributed by atoms with Crippen LogP contribution < -0.4 is 0 Å². The number of β-amino-alcohol motifs (C(OH)–C–C–N with tert-alkyl or cyclic N) is 1. The van der Waals surface area contributed by atoms with Crippen LogP contribution in [0.2, 0.25) is 0 Å². The standard InChI is InChI=1S/C19H28N2O3/c22-17(14-21-10-4-7-18(21)23)13-20-11-8-16(9-12-20)19(24)15-5-2-1-3-6-15/h1-3,5-6,16-17,19,22,24H,4,7-14H2. The second-order valence-corrected chi connectivity index (χ2v) is 7.09. The maximum Gasteiger partial charge on any atom is 0.222 e. The number of hydrogen-bond donors (Lipinski definition) is 2. The van der Waals surface area contributed by atoms with Crippen LogP contribution in [0, 0.1) is 5.92 Å². The number of amides is 1. The van der Waals surface area contributed by atoms with Crippen LogP contribution in [0.25, 0.3) is 0 Å². The number of likely N-dealkylation sites (tertiary alicyclic amines) is 2. The Morgan fingerprint density at radius 1 is 1.04 bits per heavy atom. The fourth-order valence-corrected chi connectivity index (χ4v) is 3.88. The molecular formula is C19H28N2O3. The summed E-state index contributed by atoms with van der Waals surface area (Å²) in [6.45, 7) is 3.61. The van der Waals surface area contributed by atoms with Gasteiger partial charge in [0, 0.05) is 26.1 Å². The maximum absolute atomic E-state index is 11.6. The summed E-state index contributed by atoms with van der Waals surface area (Å²) >= 11 is 0. The zero-order valence-corrected chi connectivity index (χ0v) is 14.2. The molecule has 1 amide bonds. The van der Waals surface area contributed by atoms with Crippen LogP contribution >= 0.6 is 0 Å². The number of hydrogen-bond acceptors (Lipinski definition) is 4. The summed E-state index contributed by atoms with van der Waals surface area (Å²) in [6.07, 6.45) is 2.52. The third-order valence-electron chi connectivity index (χ3n) is 5.29. The number of nitrogens with zero attached hydrogens (tertiary/aromatic N) is 2. The van der Waals surface area contributed by atoms with Crippen LogP contribution in [0.5, 0.6) is 0 Å². The van der Waals surface area contributed by atoms with Crippen LogP contribution in [-0.4, -0.2) is 64.7 Å². The van der Waals surface area contributed by atoms with E-state index in [1.165, 1.54) is 0 Å². The Kier molecular flexibility index (Phi) is 5.87. The van der Waals surface area contributed by atoms with Crippen molar-refractivity contribution >= 4 is 5.91 Å². The summed E-state index contributed by atoms with van der Waals surface area (Å²) in [7, 11) is 0. The Labute approximate surface area is 143 Å². The molecule has 1 aromatic rings. The molecule has 0 spiro atoms. The zero-order valence-electron chi connectivity index (χ0n) is 14.2. The SMILES string of the molecule is O=C1CCCN1CC(O)CN1CCC(C(O)c2ccccc2)CC1. The van der Waals surface area contributed by atoms with E-state index in [9.17, 15) is 15.0 Å². The van der Waals surface area contributed by atoms with Gasteiger partial charge in [0.2, 0.25) is 5.91 Å². The Morgan fingerprint density at radius 3 is 2.38 bits per heavy atom.